The molecular formula is C26H30N8O2. The van der Waals surface area contributed by atoms with Gasteiger partial charge in [0.15, 0.2) is 0 Å². The van der Waals surface area contributed by atoms with Crippen molar-refractivity contribution in [2.24, 2.45) is 5.92 Å². The van der Waals surface area contributed by atoms with Crippen LogP contribution < -0.4 is 10.9 Å². The quantitative estimate of drug-likeness (QED) is 0.370. The molecule has 0 spiro atoms. The standard InChI is InChI=1S/C26H30N8O2/c1-17(2)15-33-19(4)23(18(3)30-33)14-24(35)27-29-26(36)22-12-10-20(11-13-22)16-34-31-25(28-32-34)21-8-6-5-7-9-21/h5-13,17H,14-16H2,1-4H3,(H,27,35)(H,29,36). The van der Waals surface area contributed by atoms with E-state index in [4.69, 9.17) is 0 Å². The third-order valence-corrected chi connectivity index (χ3v) is 5.75. The number of hydrazine groups is 1. The molecule has 0 saturated heterocycles. The van der Waals surface area contributed by atoms with E-state index in [0.29, 0.717) is 23.9 Å². The van der Waals surface area contributed by atoms with Crippen molar-refractivity contribution in [3.63, 3.8) is 0 Å². The van der Waals surface area contributed by atoms with Gasteiger partial charge in [0.2, 0.25) is 11.7 Å². The molecule has 0 aliphatic rings. The Labute approximate surface area is 209 Å². The van der Waals surface area contributed by atoms with Crippen molar-refractivity contribution in [2.45, 2.75) is 47.2 Å². The molecule has 2 N–H and O–H groups in total. The zero-order valence-electron chi connectivity index (χ0n) is 20.9. The first-order valence-electron chi connectivity index (χ1n) is 11.8. The predicted octanol–water partition coefficient (Wildman–Crippen LogP) is 2.86. The number of carbonyl (C=O) groups excluding carboxylic acids is 2. The Balaban J connectivity index is 1.30. The monoisotopic (exact) mass is 486 g/mol. The van der Waals surface area contributed by atoms with Crippen LogP contribution in [-0.4, -0.2) is 41.8 Å². The maximum absolute atomic E-state index is 12.5. The molecule has 2 aromatic carbocycles. The molecule has 0 aliphatic carbocycles. The lowest BCUT2D eigenvalue weighted by Crippen LogP contribution is -2.42. The van der Waals surface area contributed by atoms with Gasteiger partial charge in [0.1, 0.15) is 0 Å². The Hall–Kier alpha value is -4.34. The van der Waals surface area contributed by atoms with Crippen molar-refractivity contribution in [1.82, 2.24) is 40.8 Å². The maximum atomic E-state index is 12.5. The number of hydrogen-bond donors (Lipinski definition) is 2. The molecule has 2 aromatic heterocycles. The summed E-state index contributed by atoms with van der Waals surface area (Å²) in [5, 5.41) is 17.1. The van der Waals surface area contributed by atoms with E-state index in [1.54, 1.807) is 12.1 Å². The highest BCUT2D eigenvalue weighted by Gasteiger charge is 2.16. The summed E-state index contributed by atoms with van der Waals surface area (Å²) in [6, 6.07) is 16.6. The van der Waals surface area contributed by atoms with E-state index in [1.165, 1.54) is 4.80 Å². The van der Waals surface area contributed by atoms with Crippen LogP contribution in [0.2, 0.25) is 0 Å². The van der Waals surface area contributed by atoms with Crippen molar-refractivity contribution in [2.75, 3.05) is 0 Å². The minimum absolute atomic E-state index is 0.144. The number of nitrogens with zero attached hydrogens (tertiary/aromatic N) is 6. The predicted molar refractivity (Wildman–Crippen MR) is 135 cm³/mol. The number of benzene rings is 2. The number of tetrazole rings is 1. The van der Waals surface area contributed by atoms with Gasteiger partial charge in [-0.25, -0.2) is 0 Å². The van der Waals surface area contributed by atoms with Crippen LogP contribution in [0.4, 0.5) is 0 Å². The van der Waals surface area contributed by atoms with Crippen LogP contribution in [0.3, 0.4) is 0 Å². The summed E-state index contributed by atoms with van der Waals surface area (Å²) in [5.74, 6) is 0.306. The molecule has 10 heteroatoms. The number of nitrogens with one attached hydrogen (secondary N) is 2. The van der Waals surface area contributed by atoms with E-state index in [-0.39, 0.29) is 12.3 Å². The lowest BCUT2D eigenvalue weighted by atomic mass is 10.1. The summed E-state index contributed by atoms with van der Waals surface area (Å²) in [7, 11) is 0. The summed E-state index contributed by atoms with van der Waals surface area (Å²) in [4.78, 5) is 26.5. The van der Waals surface area contributed by atoms with Gasteiger partial charge in [0.25, 0.3) is 5.91 Å². The summed E-state index contributed by atoms with van der Waals surface area (Å²) in [5.41, 5.74) is 9.88. The summed E-state index contributed by atoms with van der Waals surface area (Å²) < 4.78 is 1.93. The third kappa shape index (κ3) is 6.01. The number of aryl methyl sites for hydroxylation is 1. The van der Waals surface area contributed by atoms with Gasteiger partial charge in [0.05, 0.1) is 18.7 Å². The second-order valence-corrected chi connectivity index (χ2v) is 9.11. The SMILES string of the molecule is Cc1nn(CC(C)C)c(C)c1CC(=O)NNC(=O)c1ccc(Cn2nnc(-c3ccccc3)n2)cc1. The first-order valence-corrected chi connectivity index (χ1v) is 11.8. The number of aromatic nitrogens is 6. The number of hydrogen-bond acceptors (Lipinski definition) is 6. The van der Waals surface area contributed by atoms with Crippen LogP contribution in [0.25, 0.3) is 11.4 Å². The van der Waals surface area contributed by atoms with Crippen LogP contribution in [-0.2, 0) is 24.3 Å². The Morgan fingerprint density at radius 2 is 1.67 bits per heavy atom. The van der Waals surface area contributed by atoms with Crippen LogP contribution >= 0.6 is 0 Å². The zero-order chi connectivity index (χ0) is 25.7. The van der Waals surface area contributed by atoms with Crippen LogP contribution in [0.1, 0.15) is 46.7 Å². The average Bonchev–Trinajstić information content (AvgIpc) is 3.43. The van der Waals surface area contributed by atoms with Crippen molar-refractivity contribution in [3.8, 4) is 11.4 Å². The van der Waals surface area contributed by atoms with Gasteiger partial charge in [-0.05, 0) is 42.7 Å². The molecular weight excluding hydrogens is 456 g/mol. The largest absolute Gasteiger partial charge is 0.273 e. The van der Waals surface area contributed by atoms with Crippen LogP contribution in [0.15, 0.2) is 54.6 Å². The molecule has 2 heterocycles. The summed E-state index contributed by atoms with van der Waals surface area (Å²) in [6.45, 7) is 9.31. The summed E-state index contributed by atoms with van der Waals surface area (Å²) >= 11 is 0. The fourth-order valence-corrected chi connectivity index (χ4v) is 3.85. The highest BCUT2D eigenvalue weighted by molar-refractivity contribution is 5.95. The fraction of sp³-hybridized carbons (Fsp3) is 0.308. The third-order valence-electron chi connectivity index (χ3n) is 5.75. The van der Waals surface area contributed by atoms with Gasteiger partial charge in [-0.2, -0.15) is 9.90 Å². The van der Waals surface area contributed by atoms with Crippen molar-refractivity contribution >= 4 is 11.8 Å². The van der Waals surface area contributed by atoms with E-state index in [0.717, 1.165) is 34.6 Å². The molecule has 0 fully saturated rings. The molecule has 0 unspecified atom stereocenters. The minimum Gasteiger partial charge on any atom is -0.273 e. The molecule has 0 aliphatic heterocycles. The molecule has 186 valence electrons. The van der Waals surface area contributed by atoms with E-state index >= 15 is 0 Å². The second-order valence-electron chi connectivity index (χ2n) is 9.11. The number of rotatable bonds is 8. The van der Waals surface area contributed by atoms with Gasteiger partial charge in [-0.15, -0.1) is 10.2 Å². The Kier molecular flexibility index (Phi) is 7.53. The van der Waals surface area contributed by atoms with Crippen LogP contribution in [0, 0.1) is 19.8 Å². The topological polar surface area (TPSA) is 120 Å². The molecule has 4 aromatic rings. The van der Waals surface area contributed by atoms with Crippen molar-refractivity contribution in [3.05, 3.63) is 82.7 Å². The Bertz CT molecular complexity index is 1340. The molecule has 0 atom stereocenters. The zero-order valence-corrected chi connectivity index (χ0v) is 20.9. The maximum Gasteiger partial charge on any atom is 0.269 e. The van der Waals surface area contributed by atoms with Crippen LogP contribution in [0.5, 0.6) is 0 Å². The van der Waals surface area contributed by atoms with Crippen molar-refractivity contribution < 1.29 is 9.59 Å². The van der Waals surface area contributed by atoms with Gasteiger partial charge in [-0.3, -0.25) is 25.1 Å². The second kappa shape index (κ2) is 10.9. The van der Waals surface area contributed by atoms with E-state index in [9.17, 15) is 9.59 Å². The molecule has 4 rings (SSSR count). The highest BCUT2D eigenvalue weighted by atomic mass is 16.2. The van der Waals surface area contributed by atoms with Gasteiger partial charge in [-0.1, -0.05) is 56.3 Å². The lowest BCUT2D eigenvalue weighted by molar-refractivity contribution is -0.121. The van der Waals surface area contributed by atoms with E-state index < -0.39 is 5.91 Å². The number of amides is 2. The van der Waals surface area contributed by atoms with Gasteiger partial charge in [0, 0.05) is 28.9 Å². The molecule has 10 nitrogen and oxygen atoms in total. The lowest BCUT2D eigenvalue weighted by Gasteiger charge is -2.09. The van der Waals surface area contributed by atoms with Gasteiger partial charge < -0.3 is 0 Å². The Morgan fingerprint density at radius 3 is 2.36 bits per heavy atom. The fourth-order valence-electron chi connectivity index (χ4n) is 3.85. The average molecular weight is 487 g/mol. The number of carbonyl (C=O) groups is 2. The van der Waals surface area contributed by atoms with Crippen molar-refractivity contribution in [1.29, 1.82) is 0 Å². The minimum atomic E-state index is -0.399. The summed E-state index contributed by atoms with van der Waals surface area (Å²) in [6.07, 6.45) is 0.144. The van der Waals surface area contributed by atoms with E-state index in [2.05, 4.69) is 45.2 Å². The smallest absolute Gasteiger partial charge is 0.269 e. The first kappa shape index (κ1) is 24.8. The molecule has 2 amide bonds. The normalized spacial score (nSPS) is 11.0. The van der Waals surface area contributed by atoms with Gasteiger partial charge >= 0.3 is 0 Å². The first-order chi connectivity index (χ1) is 17.3. The van der Waals surface area contributed by atoms with E-state index in [1.807, 2.05) is 61.0 Å². The molecule has 0 saturated carbocycles. The molecule has 36 heavy (non-hydrogen) atoms. The molecule has 0 radical (unpaired) electrons. The highest BCUT2D eigenvalue weighted by Crippen LogP contribution is 2.15. The molecule has 0 bridgehead atoms. The Morgan fingerprint density at radius 1 is 0.944 bits per heavy atom.